The maximum absolute atomic E-state index is 12.5. The van der Waals surface area contributed by atoms with Crippen molar-refractivity contribution < 1.29 is 17.9 Å². The normalized spacial score (nSPS) is 11.3. The number of sulfonamides is 1. The maximum Gasteiger partial charge on any atom is 0.273 e. The molecule has 0 fully saturated rings. The molecule has 0 atom stereocenters. The standard InChI is InChI=1S/C19H17N3O4S2/c1-26-15-10-8-14(9-11-15)13-20-21-19(23)16-5-2-3-6-17(16)22-28(24,25)18-7-4-12-27-18/h2-13,22H,1H3,(H,21,23)/b20-13-. The Balaban J connectivity index is 1.72. The highest BCUT2D eigenvalue weighted by Crippen LogP contribution is 2.22. The lowest BCUT2D eigenvalue weighted by atomic mass is 10.2. The van der Waals surface area contributed by atoms with Crippen LogP contribution in [0, 0.1) is 0 Å². The first-order valence-electron chi connectivity index (χ1n) is 8.12. The molecule has 3 rings (SSSR count). The summed E-state index contributed by atoms with van der Waals surface area (Å²) in [6.45, 7) is 0. The average Bonchev–Trinajstić information content (AvgIpc) is 3.24. The lowest BCUT2D eigenvalue weighted by Gasteiger charge is -2.10. The van der Waals surface area contributed by atoms with Gasteiger partial charge >= 0.3 is 0 Å². The van der Waals surface area contributed by atoms with E-state index in [-0.39, 0.29) is 15.5 Å². The molecular weight excluding hydrogens is 398 g/mol. The molecule has 0 aliphatic heterocycles. The molecule has 7 nitrogen and oxygen atoms in total. The van der Waals surface area contributed by atoms with E-state index in [9.17, 15) is 13.2 Å². The lowest BCUT2D eigenvalue weighted by Crippen LogP contribution is -2.21. The summed E-state index contributed by atoms with van der Waals surface area (Å²) in [5.41, 5.74) is 3.51. The van der Waals surface area contributed by atoms with Crippen molar-refractivity contribution >= 4 is 39.2 Å². The Labute approximate surface area is 166 Å². The number of nitrogens with zero attached hydrogens (tertiary/aromatic N) is 1. The van der Waals surface area contributed by atoms with Gasteiger partial charge in [0.1, 0.15) is 9.96 Å². The third kappa shape index (κ3) is 4.76. The van der Waals surface area contributed by atoms with E-state index in [4.69, 9.17) is 4.74 Å². The number of nitrogens with one attached hydrogen (secondary N) is 2. The monoisotopic (exact) mass is 415 g/mol. The average molecular weight is 415 g/mol. The smallest absolute Gasteiger partial charge is 0.273 e. The maximum atomic E-state index is 12.5. The zero-order valence-electron chi connectivity index (χ0n) is 14.8. The number of ether oxygens (including phenoxy) is 1. The quantitative estimate of drug-likeness (QED) is 0.457. The van der Waals surface area contributed by atoms with E-state index >= 15 is 0 Å². The summed E-state index contributed by atoms with van der Waals surface area (Å²) >= 11 is 1.09. The van der Waals surface area contributed by atoms with E-state index in [1.54, 1.807) is 55.0 Å². The summed E-state index contributed by atoms with van der Waals surface area (Å²) < 4.78 is 32.5. The largest absolute Gasteiger partial charge is 0.497 e. The Bertz CT molecular complexity index is 1080. The molecule has 1 aromatic heterocycles. The van der Waals surface area contributed by atoms with Gasteiger partial charge in [-0.2, -0.15) is 5.10 Å². The summed E-state index contributed by atoms with van der Waals surface area (Å²) in [6.07, 6.45) is 1.48. The number of carbonyl (C=O) groups excluding carboxylic acids is 1. The molecule has 144 valence electrons. The summed E-state index contributed by atoms with van der Waals surface area (Å²) in [4.78, 5) is 12.5. The Morgan fingerprint density at radius 1 is 1.07 bits per heavy atom. The van der Waals surface area contributed by atoms with Crippen LogP contribution < -0.4 is 14.9 Å². The van der Waals surface area contributed by atoms with Crippen LogP contribution in [-0.4, -0.2) is 27.6 Å². The minimum atomic E-state index is -3.76. The van der Waals surface area contributed by atoms with Crippen LogP contribution in [0.4, 0.5) is 5.69 Å². The molecule has 9 heteroatoms. The Kier molecular flexibility index (Phi) is 6.07. The van der Waals surface area contributed by atoms with Crippen molar-refractivity contribution in [2.45, 2.75) is 4.21 Å². The Morgan fingerprint density at radius 3 is 2.50 bits per heavy atom. The van der Waals surface area contributed by atoms with Gasteiger partial charge in [0.2, 0.25) is 0 Å². The van der Waals surface area contributed by atoms with Crippen molar-refractivity contribution in [1.82, 2.24) is 5.43 Å². The minimum absolute atomic E-state index is 0.162. The third-order valence-corrected chi connectivity index (χ3v) is 6.43. The molecule has 0 spiro atoms. The molecule has 1 amide bonds. The van der Waals surface area contributed by atoms with E-state index < -0.39 is 15.9 Å². The van der Waals surface area contributed by atoms with E-state index in [0.29, 0.717) is 5.75 Å². The topological polar surface area (TPSA) is 96.9 Å². The number of carbonyl (C=O) groups is 1. The van der Waals surface area contributed by atoms with Crippen molar-refractivity contribution in [3.05, 3.63) is 77.2 Å². The molecule has 0 aliphatic carbocycles. The minimum Gasteiger partial charge on any atom is -0.497 e. The highest BCUT2D eigenvalue weighted by Gasteiger charge is 2.19. The van der Waals surface area contributed by atoms with Crippen LogP contribution in [-0.2, 0) is 10.0 Å². The zero-order valence-corrected chi connectivity index (χ0v) is 16.5. The fourth-order valence-electron chi connectivity index (χ4n) is 2.30. The lowest BCUT2D eigenvalue weighted by molar-refractivity contribution is 0.0956. The van der Waals surface area contributed by atoms with Crippen molar-refractivity contribution in [3.63, 3.8) is 0 Å². The first-order chi connectivity index (χ1) is 13.5. The molecule has 2 N–H and O–H groups in total. The number of benzene rings is 2. The fraction of sp³-hybridized carbons (Fsp3) is 0.0526. The van der Waals surface area contributed by atoms with Crippen LogP contribution in [0.1, 0.15) is 15.9 Å². The number of anilines is 1. The fourth-order valence-corrected chi connectivity index (χ4v) is 4.37. The summed E-state index contributed by atoms with van der Waals surface area (Å²) in [6, 6.07) is 16.6. The molecule has 28 heavy (non-hydrogen) atoms. The van der Waals surface area contributed by atoms with Gasteiger partial charge in [0.05, 0.1) is 24.6 Å². The molecule has 3 aromatic rings. The Morgan fingerprint density at radius 2 is 1.82 bits per heavy atom. The van der Waals surface area contributed by atoms with Gasteiger partial charge in [-0.25, -0.2) is 13.8 Å². The van der Waals surface area contributed by atoms with Gasteiger partial charge in [-0.15, -0.1) is 11.3 Å². The van der Waals surface area contributed by atoms with Gasteiger partial charge in [-0.1, -0.05) is 18.2 Å². The second-order valence-corrected chi connectivity index (χ2v) is 8.41. The molecule has 0 unspecified atom stereocenters. The molecule has 2 aromatic carbocycles. The number of hydrogen-bond donors (Lipinski definition) is 2. The predicted octanol–water partition coefficient (Wildman–Crippen LogP) is 3.32. The highest BCUT2D eigenvalue weighted by molar-refractivity contribution is 7.94. The summed E-state index contributed by atoms with van der Waals surface area (Å²) in [7, 11) is -2.18. The van der Waals surface area contributed by atoms with Crippen LogP contribution in [0.15, 0.2) is 75.4 Å². The van der Waals surface area contributed by atoms with Crippen LogP contribution in [0.2, 0.25) is 0 Å². The van der Waals surface area contributed by atoms with E-state index in [2.05, 4.69) is 15.2 Å². The second kappa shape index (κ2) is 8.68. The van der Waals surface area contributed by atoms with Crippen molar-refractivity contribution in [1.29, 1.82) is 0 Å². The van der Waals surface area contributed by atoms with Crippen LogP contribution in [0.25, 0.3) is 0 Å². The molecule has 0 saturated heterocycles. The molecule has 1 heterocycles. The molecule has 0 radical (unpaired) electrons. The number of methoxy groups -OCH3 is 1. The van der Waals surface area contributed by atoms with Gasteiger partial charge in [0, 0.05) is 0 Å². The van der Waals surface area contributed by atoms with Gasteiger partial charge < -0.3 is 4.74 Å². The van der Waals surface area contributed by atoms with Gasteiger partial charge in [-0.3, -0.25) is 9.52 Å². The van der Waals surface area contributed by atoms with Gasteiger partial charge in [0.25, 0.3) is 15.9 Å². The number of para-hydroxylation sites is 1. The number of thiophene rings is 1. The van der Waals surface area contributed by atoms with Crippen LogP contribution >= 0.6 is 11.3 Å². The number of amides is 1. The number of rotatable bonds is 7. The molecular formula is C19H17N3O4S2. The Hall–Kier alpha value is -3.17. The van der Waals surface area contributed by atoms with Crippen molar-refractivity contribution in [2.75, 3.05) is 11.8 Å². The van der Waals surface area contributed by atoms with Gasteiger partial charge in [-0.05, 0) is 53.4 Å². The first kappa shape index (κ1) is 19.6. The van der Waals surface area contributed by atoms with E-state index in [0.717, 1.165) is 16.9 Å². The number of hydrazone groups is 1. The molecule has 0 bridgehead atoms. The van der Waals surface area contributed by atoms with E-state index in [1.165, 1.54) is 24.4 Å². The molecule has 0 saturated carbocycles. The van der Waals surface area contributed by atoms with Crippen LogP contribution in [0.5, 0.6) is 5.75 Å². The van der Waals surface area contributed by atoms with Crippen molar-refractivity contribution in [3.8, 4) is 5.75 Å². The van der Waals surface area contributed by atoms with Crippen molar-refractivity contribution in [2.24, 2.45) is 5.10 Å². The SMILES string of the molecule is COc1ccc(/C=N\NC(=O)c2ccccc2NS(=O)(=O)c2cccs2)cc1. The predicted molar refractivity (Wildman–Crippen MR) is 110 cm³/mol. The second-order valence-electron chi connectivity index (χ2n) is 5.56. The van der Waals surface area contributed by atoms with Gasteiger partial charge in [0.15, 0.2) is 0 Å². The first-order valence-corrected chi connectivity index (χ1v) is 10.5. The van der Waals surface area contributed by atoms with Crippen LogP contribution in [0.3, 0.4) is 0 Å². The molecule has 0 aliphatic rings. The summed E-state index contributed by atoms with van der Waals surface area (Å²) in [5, 5.41) is 5.59. The summed E-state index contributed by atoms with van der Waals surface area (Å²) in [5.74, 6) is 0.183. The van der Waals surface area contributed by atoms with E-state index in [1.807, 2.05) is 0 Å². The third-order valence-electron chi connectivity index (χ3n) is 3.67. The highest BCUT2D eigenvalue weighted by atomic mass is 32.2. The number of hydrogen-bond acceptors (Lipinski definition) is 6. The zero-order chi connectivity index (χ0) is 20.0.